The summed E-state index contributed by atoms with van der Waals surface area (Å²) in [6.45, 7) is 1.59. The molecule has 1 saturated heterocycles. The molecule has 1 amide bonds. The molecule has 0 aliphatic carbocycles. The maximum absolute atomic E-state index is 13.2. The van der Waals surface area contributed by atoms with Gasteiger partial charge in [0.1, 0.15) is 5.82 Å². The van der Waals surface area contributed by atoms with E-state index in [0.717, 1.165) is 19.4 Å². The number of benzene rings is 1. The van der Waals surface area contributed by atoms with Crippen molar-refractivity contribution in [1.29, 1.82) is 0 Å². The first-order valence-corrected chi connectivity index (χ1v) is 6.43. The highest BCUT2D eigenvalue weighted by Gasteiger charge is 2.17. The van der Waals surface area contributed by atoms with Gasteiger partial charge in [0.2, 0.25) is 0 Å². The molecule has 3 nitrogen and oxygen atoms in total. The number of rotatable bonds is 3. The lowest BCUT2D eigenvalue weighted by Crippen LogP contribution is -2.37. The number of carbonyl (C=O) groups is 1. The molecule has 2 rings (SSSR count). The second-order valence-corrected chi connectivity index (χ2v) is 4.90. The average molecular weight is 301 g/mol. The van der Waals surface area contributed by atoms with E-state index in [-0.39, 0.29) is 10.4 Å². The minimum Gasteiger partial charge on any atom is -0.350 e. The number of hydrogen-bond donors (Lipinski definition) is 2. The van der Waals surface area contributed by atoms with E-state index in [9.17, 15) is 9.18 Å². The molecule has 0 bridgehead atoms. The maximum atomic E-state index is 13.2. The molecule has 1 fully saturated rings. The molecule has 1 atom stereocenters. The van der Waals surface area contributed by atoms with Gasteiger partial charge < -0.3 is 10.6 Å². The lowest BCUT2D eigenvalue weighted by atomic mass is 10.2. The molecule has 0 spiro atoms. The second kappa shape index (κ2) is 5.60. The zero-order valence-corrected chi connectivity index (χ0v) is 10.9. The molecule has 5 heteroatoms. The van der Waals surface area contributed by atoms with Crippen molar-refractivity contribution in [2.24, 2.45) is 0 Å². The van der Waals surface area contributed by atoms with Crippen molar-refractivity contribution in [2.45, 2.75) is 18.9 Å². The summed E-state index contributed by atoms with van der Waals surface area (Å²) in [6, 6.07) is 4.79. The Morgan fingerprint density at radius 1 is 1.59 bits per heavy atom. The van der Waals surface area contributed by atoms with Crippen LogP contribution < -0.4 is 10.6 Å². The highest BCUT2D eigenvalue weighted by molar-refractivity contribution is 9.10. The van der Waals surface area contributed by atoms with Crippen molar-refractivity contribution in [1.82, 2.24) is 10.6 Å². The zero-order valence-electron chi connectivity index (χ0n) is 9.30. The van der Waals surface area contributed by atoms with Gasteiger partial charge in [0.05, 0.1) is 10.0 Å². The van der Waals surface area contributed by atoms with Crippen molar-refractivity contribution in [3.8, 4) is 0 Å². The summed E-state index contributed by atoms with van der Waals surface area (Å²) < 4.78 is 13.5. The third kappa shape index (κ3) is 3.04. The molecule has 1 aromatic rings. The third-order valence-electron chi connectivity index (χ3n) is 2.87. The Hall–Kier alpha value is -0.940. The highest BCUT2D eigenvalue weighted by atomic mass is 79.9. The molecule has 17 heavy (non-hydrogen) atoms. The average Bonchev–Trinajstić information content (AvgIpc) is 2.82. The summed E-state index contributed by atoms with van der Waals surface area (Å²) in [4.78, 5) is 11.8. The molecular formula is C12H14BrFN2O. The van der Waals surface area contributed by atoms with Gasteiger partial charge in [-0.3, -0.25) is 4.79 Å². The first-order valence-electron chi connectivity index (χ1n) is 5.64. The maximum Gasteiger partial charge on any atom is 0.252 e. The van der Waals surface area contributed by atoms with Crippen molar-refractivity contribution in [3.05, 3.63) is 34.1 Å². The van der Waals surface area contributed by atoms with Gasteiger partial charge in [-0.1, -0.05) is 6.07 Å². The van der Waals surface area contributed by atoms with E-state index in [1.165, 1.54) is 12.1 Å². The van der Waals surface area contributed by atoms with E-state index in [0.29, 0.717) is 18.2 Å². The van der Waals surface area contributed by atoms with Crippen LogP contribution in [0.2, 0.25) is 0 Å². The fourth-order valence-corrected chi connectivity index (χ4v) is 2.37. The van der Waals surface area contributed by atoms with Crippen LogP contribution in [0, 0.1) is 5.82 Å². The lowest BCUT2D eigenvalue weighted by Gasteiger charge is -2.12. The van der Waals surface area contributed by atoms with Gasteiger partial charge in [-0.15, -0.1) is 0 Å². The van der Waals surface area contributed by atoms with Crippen LogP contribution in [0.25, 0.3) is 0 Å². The number of amides is 1. The predicted molar refractivity (Wildman–Crippen MR) is 67.5 cm³/mol. The predicted octanol–water partition coefficient (Wildman–Crippen LogP) is 2.07. The lowest BCUT2D eigenvalue weighted by molar-refractivity contribution is 0.0949. The molecule has 1 aliphatic heterocycles. The monoisotopic (exact) mass is 300 g/mol. The van der Waals surface area contributed by atoms with Gasteiger partial charge >= 0.3 is 0 Å². The van der Waals surface area contributed by atoms with Crippen LogP contribution in [0.5, 0.6) is 0 Å². The molecule has 0 saturated carbocycles. The SMILES string of the molecule is O=C(NCC1CCCN1)c1cccc(F)c1Br. The van der Waals surface area contributed by atoms with Gasteiger partial charge in [-0.2, -0.15) is 0 Å². The van der Waals surface area contributed by atoms with Crippen LogP contribution in [0.4, 0.5) is 4.39 Å². The summed E-state index contributed by atoms with van der Waals surface area (Å²) in [5.74, 6) is -0.665. The molecule has 1 aromatic carbocycles. The molecule has 92 valence electrons. The Morgan fingerprint density at radius 3 is 3.12 bits per heavy atom. The topological polar surface area (TPSA) is 41.1 Å². The Balaban J connectivity index is 1.97. The van der Waals surface area contributed by atoms with E-state index in [1.807, 2.05) is 0 Å². The van der Waals surface area contributed by atoms with E-state index in [2.05, 4.69) is 26.6 Å². The first-order chi connectivity index (χ1) is 8.18. The van der Waals surface area contributed by atoms with E-state index < -0.39 is 5.82 Å². The van der Waals surface area contributed by atoms with Crippen molar-refractivity contribution in [3.63, 3.8) is 0 Å². The van der Waals surface area contributed by atoms with Crippen LogP contribution in [0.3, 0.4) is 0 Å². The quantitative estimate of drug-likeness (QED) is 0.897. The Labute approximate surface area is 108 Å². The van der Waals surface area contributed by atoms with Gasteiger partial charge in [0.25, 0.3) is 5.91 Å². The molecule has 2 N–H and O–H groups in total. The molecule has 0 radical (unpaired) electrons. The van der Waals surface area contributed by atoms with Crippen LogP contribution >= 0.6 is 15.9 Å². The highest BCUT2D eigenvalue weighted by Crippen LogP contribution is 2.20. The van der Waals surface area contributed by atoms with E-state index >= 15 is 0 Å². The fourth-order valence-electron chi connectivity index (χ4n) is 1.92. The molecule has 1 unspecified atom stereocenters. The first kappa shape index (κ1) is 12.5. The van der Waals surface area contributed by atoms with E-state index in [4.69, 9.17) is 0 Å². The van der Waals surface area contributed by atoms with Crippen molar-refractivity contribution in [2.75, 3.05) is 13.1 Å². The number of halogens is 2. The number of carbonyl (C=O) groups excluding carboxylic acids is 1. The van der Waals surface area contributed by atoms with Gasteiger partial charge in [-0.05, 0) is 47.4 Å². The number of hydrogen-bond acceptors (Lipinski definition) is 2. The van der Waals surface area contributed by atoms with Gasteiger partial charge in [0, 0.05) is 12.6 Å². The summed E-state index contributed by atoms with van der Waals surface area (Å²) in [5, 5.41) is 6.10. The molecular weight excluding hydrogens is 287 g/mol. The second-order valence-electron chi connectivity index (χ2n) is 4.10. The Kier molecular flexibility index (Phi) is 4.12. The van der Waals surface area contributed by atoms with Crippen LogP contribution in [-0.4, -0.2) is 25.0 Å². The van der Waals surface area contributed by atoms with Gasteiger partial charge in [-0.25, -0.2) is 4.39 Å². The largest absolute Gasteiger partial charge is 0.350 e. The fraction of sp³-hybridized carbons (Fsp3) is 0.417. The Bertz CT molecular complexity index is 419. The summed E-state index contributed by atoms with van der Waals surface area (Å²) in [5.41, 5.74) is 0.336. The Morgan fingerprint density at radius 2 is 2.41 bits per heavy atom. The van der Waals surface area contributed by atoms with Gasteiger partial charge in [0.15, 0.2) is 0 Å². The standard InChI is InChI=1S/C12H14BrFN2O/c13-11-9(4-1-5-10(11)14)12(17)16-7-8-3-2-6-15-8/h1,4-5,8,15H,2-3,6-7H2,(H,16,17). The van der Waals surface area contributed by atoms with Crippen LogP contribution in [0.1, 0.15) is 23.2 Å². The van der Waals surface area contributed by atoms with Crippen molar-refractivity contribution >= 4 is 21.8 Å². The molecule has 0 aromatic heterocycles. The molecule has 1 aliphatic rings. The third-order valence-corrected chi connectivity index (χ3v) is 3.67. The zero-order chi connectivity index (χ0) is 12.3. The minimum atomic E-state index is -0.420. The number of nitrogens with one attached hydrogen (secondary N) is 2. The minimum absolute atomic E-state index is 0.219. The van der Waals surface area contributed by atoms with Crippen molar-refractivity contribution < 1.29 is 9.18 Å². The summed E-state index contributed by atoms with van der Waals surface area (Å²) >= 11 is 3.08. The van der Waals surface area contributed by atoms with E-state index in [1.54, 1.807) is 6.07 Å². The molecule has 1 heterocycles. The summed E-state index contributed by atoms with van der Waals surface area (Å²) in [6.07, 6.45) is 2.22. The van der Waals surface area contributed by atoms with Crippen LogP contribution in [-0.2, 0) is 0 Å². The summed E-state index contributed by atoms with van der Waals surface area (Å²) in [7, 11) is 0. The van der Waals surface area contributed by atoms with Crippen LogP contribution in [0.15, 0.2) is 22.7 Å². The normalized spacial score (nSPS) is 19.3. The smallest absolute Gasteiger partial charge is 0.252 e.